The van der Waals surface area contributed by atoms with Crippen molar-refractivity contribution < 1.29 is 14.6 Å². The summed E-state index contributed by atoms with van der Waals surface area (Å²) in [5, 5.41) is 9.70. The molecule has 0 aliphatic heterocycles. The van der Waals surface area contributed by atoms with Crippen LogP contribution in [0.15, 0.2) is 12.2 Å². The quantitative estimate of drug-likeness (QED) is 0.133. The van der Waals surface area contributed by atoms with E-state index in [0.717, 1.165) is 51.7 Å². The predicted molar refractivity (Wildman–Crippen MR) is 131 cm³/mol. The van der Waals surface area contributed by atoms with E-state index in [0.29, 0.717) is 0 Å². The van der Waals surface area contributed by atoms with Gasteiger partial charge in [-0.1, -0.05) is 104 Å². The van der Waals surface area contributed by atoms with E-state index in [4.69, 9.17) is 9.47 Å². The van der Waals surface area contributed by atoms with Crippen molar-refractivity contribution in [1.82, 2.24) is 0 Å². The van der Waals surface area contributed by atoms with Crippen LogP contribution >= 0.6 is 0 Å². The second kappa shape index (κ2) is 23.3. The molecule has 0 bridgehead atoms. The Hall–Kier alpha value is -0.380. The lowest BCUT2D eigenvalue weighted by molar-refractivity contribution is -0.102. The second-order valence-corrected chi connectivity index (χ2v) is 8.94. The first kappa shape index (κ1) is 29.6. The van der Waals surface area contributed by atoms with Crippen LogP contribution in [0.2, 0.25) is 0 Å². The fourth-order valence-corrected chi connectivity index (χ4v) is 3.70. The summed E-state index contributed by atoms with van der Waals surface area (Å²) < 4.78 is 12.4. The van der Waals surface area contributed by atoms with E-state index >= 15 is 0 Å². The SMILES string of the molecule is CCCCCCCCCCCC=CC[C@@H](OCCCC)[C@@H](OCCCC)[C@@H](C)CO. The van der Waals surface area contributed by atoms with Gasteiger partial charge >= 0.3 is 0 Å². The number of rotatable bonds is 23. The van der Waals surface area contributed by atoms with Crippen LogP contribution in [0.25, 0.3) is 0 Å². The Morgan fingerprint density at radius 2 is 1.20 bits per heavy atom. The summed E-state index contributed by atoms with van der Waals surface area (Å²) in [6.07, 6.45) is 23.4. The molecule has 0 rings (SSSR count). The Labute approximate surface area is 189 Å². The van der Waals surface area contributed by atoms with Crippen LogP contribution in [0.3, 0.4) is 0 Å². The third-order valence-corrected chi connectivity index (χ3v) is 5.86. The first-order chi connectivity index (χ1) is 14.7. The third-order valence-electron chi connectivity index (χ3n) is 5.86. The van der Waals surface area contributed by atoms with Crippen molar-refractivity contribution in [2.75, 3.05) is 19.8 Å². The third kappa shape index (κ3) is 17.3. The zero-order valence-electron chi connectivity index (χ0n) is 20.9. The lowest BCUT2D eigenvalue weighted by Gasteiger charge is -2.31. The molecular formula is C27H54O3. The van der Waals surface area contributed by atoms with Crippen LogP contribution in [-0.2, 0) is 9.47 Å². The zero-order chi connectivity index (χ0) is 22.3. The van der Waals surface area contributed by atoms with Crippen molar-refractivity contribution in [3.8, 4) is 0 Å². The highest BCUT2D eigenvalue weighted by Gasteiger charge is 2.27. The van der Waals surface area contributed by atoms with Gasteiger partial charge in [-0.15, -0.1) is 0 Å². The maximum Gasteiger partial charge on any atom is 0.0886 e. The molecule has 180 valence electrons. The Morgan fingerprint density at radius 1 is 0.667 bits per heavy atom. The van der Waals surface area contributed by atoms with Gasteiger partial charge in [0.15, 0.2) is 0 Å². The minimum atomic E-state index is -0.0317. The number of allylic oxidation sites excluding steroid dienone is 1. The van der Waals surface area contributed by atoms with E-state index in [1.165, 1.54) is 57.8 Å². The number of unbranched alkanes of at least 4 members (excludes halogenated alkanes) is 11. The molecule has 0 aromatic heterocycles. The molecule has 1 N–H and O–H groups in total. The Bertz CT molecular complexity index is 356. The molecular weight excluding hydrogens is 372 g/mol. The summed E-state index contributed by atoms with van der Waals surface area (Å²) in [7, 11) is 0. The average Bonchev–Trinajstić information content (AvgIpc) is 2.76. The van der Waals surface area contributed by atoms with Gasteiger partial charge in [0.05, 0.1) is 12.2 Å². The molecule has 0 saturated carbocycles. The van der Waals surface area contributed by atoms with Crippen molar-refractivity contribution >= 4 is 0 Å². The average molecular weight is 427 g/mol. The fourth-order valence-electron chi connectivity index (χ4n) is 3.70. The molecule has 0 aromatic rings. The topological polar surface area (TPSA) is 38.7 Å². The monoisotopic (exact) mass is 426 g/mol. The molecule has 0 aliphatic carbocycles. The van der Waals surface area contributed by atoms with E-state index in [9.17, 15) is 5.11 Å². The van der Waals surface area contributed by atoms with Gasteiger partial charge in [0.1, 0.15) is 0 Å². The fraction of sp³-hybridized carbons (Fsp3) is 0.926. The van der Waals surface area contributed by atoms with Crippen LogP contribution in [-0.4, -0.2) is 37.1 Å². The minimum Gasteiger partial charge on any atom is -0.396 e. The Balaban J connectivity index is 4.25. The highest BCUT2D eigenvalue weighted by atomic mass is 16.5. The summed E-state index contributed by atoms with van der Waals surface area (Å²) in [5.74, 6) is 0.0965. The minimum absolute atomic E-state index is 0.0317. The van der Waals surface area contributed by atoms with E-state index < -0.39 is 0 Å². The molecule has 0 aliphatic rings. The van der Waals surface area contributed by atoms with Crippen LogP contribution in [0.5, 0.6) is 0 Å². The highest BCUT2D eigenvalue weighted by Crippen LogP contribution is 2.19. The number of ether oxygens (including phenoxy) is 2. The molecule has 0 saturated heterocycles. The highest BCUT2D eigenvalue weighted by molar-refractivity contribution is 4.89. The summed E-state index contributed by atoms with van der Waals surface area (Å²) in [6, 6.07) is 0. The Kier molecular flexibility index (Phi) is 23.0. The molecule has 0 spiro atoms. The molecule has 30 heavy (non-hydrogen) atoms. The van der Waals surface area contributed by atoms with Crippen molar-refractivity contribution in [2.45, 2.75) is 136 Å². The lowest BCUT2D eigenvalue weighted by Crippen LogP contribution is -2.38. The van der Waals surface area contributed by atoms with Crippen LogP contribution < -0.4 is 0 Å². The van der Waals surface area contributed by atoms with Gasteiger partial charge in [0.2, 0.25) is 0 Å². The van der Waals surface area contributed by atoms with Gasteiger partial charge in [0, 0.05) is 25.7 Å². The van der Waals surface area contributed by atoms with Crippen molar-refractivity contribution in [3.63, 3.8) is 0 Å². The van der Waals surface area contributed by atoms with Gasteiger partial charge in [-0.25, -0.2) is 0 Å². The smallest absolute Gasteiger partial charge is 0.0886 e. The number of aliphatic hydroxyl groups excluding tert-OH is 1. The van der Waals surface area contributed by atoms with Crippen molar-refractivity contribution in [1.29, 1.82) is 0 Å². The van der Waals surface area contributed by atoms with Gasteiger partial charge < -0.3 is 14.6 Å². The second-order valence-electron chi connectivity index (χ2n) is 8.94. The van der Waals surface area contributed by atoms with Crippen molar-refractivity contribution in [2.24, 2.45) is 5.92 Å². The van der Waals surface area contributed by atoms with Gasteiger partial charge in [-0.05, 0) is 32.1 Å². The van der Waals surface area contributed by atoms with Crippen molar-refractivity contribution in [3.05, 3.63) is 12.2 Å². The normalized spacial score (nSPS) is 15.0. The van der Waals surface area contributed by atoms with Gasteiger partial charge in [0.25, 0.3) is 0 Å². The first-order valence-corrected chi connectivity index (χ1v) is 13.2. The molecule has 3 nitrogen and oxygen atoms in total. The maximum atomic E-state index is 9.70. The van der Waals surface area contributed by atoms with E-state index in [2.05, 4.69) is 39.8 Å². The number of hydrogen-bond acceptors (Lipinski definition) is 3. The molecule has 0 amide bonds. The summed E-state index contributed by atoms with van der Waals surface area (Å²) >= 11 is 0. The maximum absolute atomic E-state index is 9.70. The standard InChI is InChI=1S/C27H54O3/c1-5-8-11-12-13-14-15-16-17-18-19-20-21-26(29-22-9-6-2)27(25(4)24-28)30-23-10-7-3/h19-20,25-28H,5-18,21-24H2,1-4H3/t25-,26+,27-/m0/s1. The molecule has 0 fully saturated rings. The van der Waals surface area contributed by atoms with E-state index in [-0.39, 0.29) is 24.7 Å². The van der Waals surface area contributed by atoms with Gasteiger partial charge in [-0.3, -0.25) is 0 Å². The number of hydrogen-bond donors (Lipinski definition) is 1. The van der Waals surface area contributed by atoms with Crippen LogP contribution in [0.4, 0.5) is 0 Å². The van der Waals surface area contributed by atoms with Crippen LogP contribution in [0.1, 0.15) is 124 Å². The molecule has 0 unspecified atom stereocenters. The van der Waals surface area contributed by atoms with E-state index in [1.807, 2.05) is 0 Å². The zero-order valence-corrected chi connectivity index (χ0v) is 20.9. The van der Waals surface area contributed by atoms with Crippen LogP contribution in [0, 0.1) is 5.92 Å². The molecule has 3 atom stereocenters. The molecule has 3 heteroatoms. The molecule has 0 aromatic carbocycles. The van der Waals surface area contributed by atoms with E-state index in [1.54, 1.807) is 0 Å². The summed E-state index contributed by atoms with van der Waals surface area (Å²) in [6.45, 7) is 10.4. The number of aliphatic hydroxyl groups is 1. The Morgan fingerprint density at radius 3 is 1.77 bits per heavy atom. The van der Waals surface area contributed by atoms with Gasteiger partial charge in [-0.2, -0.15) is 0 Å². The predicted octanol–water partition coefficient (Wildman–Crippen LogP) is 7.85. The molecule has 0 radical (unpaired) electrons. The summed E-state index contributed by atoms with van der Waals surface area (Å²) in [5.41, 5.74) is 0. The lowest BCUT2D eigenvalue weighted by atomic mass is 9.97. The largest absolute Gasteiger partial charge is 0.396 e. The summed E-state index contributed by atoms with van der Waals surface area (Å²) in [4.78, 5) is 0. The molecule has 0 heterocycles. The first-order valence-electron chi connectivity index (χ1n) is 13.2.